The Morgan fingerprint density at radius 3 is 2.84 bits per heavy atom. The number of hydrogen-bond acceptors (Lipinski definition) is 2. The number of allylic oxidation sites excluding steroid dienone is 4. The van der Waals surface area contributed by atoms with E-state index < -0.39 is 0 Å². The lowest BCUT2D eigenvalue weighted by Gasteiger charge is -2.13. The van der Waals surface area contributed by atoms with E-state index >= 15 is 0 Å². The van der Waals surface area contributed by atoms with Gasteiger partial charge in [0.05, 0.1) is 11.4 Å². The van der Waals surface area contributed by atoms with Gasteiger partial charge in [-0.25, -0.2) is 0 Å². The summed E-state index contributed by atoms with van der Waals surface area (Å²) in [6.45, 7) is 2.03. The molecule has 3 nitrogen and oxygen atoms in total. The number of rotatable bonds is 1. The molecule has 19 heavy (non-hydrogen) atoms. The third-order valence-corrected chi connectivity index (χ3v) is 3.70. The Morgan fingerprint density at radius 2 is 2.11 bits per heavy atom. The Bertz CT molecular complexity index is 717. The van der Waals surface area contributed by atoms with Gasteiger partial charge in [-0.15, -0.1) is 0 Å². The van der Waals surface area contributed by atoms with Crippen LogP contribution in [0.25, 0.3) is 16.5 Å². The molecule has 0 saturated carbocycles. The highest BCUT2D eigenvalue weighted by Gasteiger charge is 2.15. The Balaban J connectivity index is 2.21. The lowest BCUT2D eigenvalue weighted by atomic mass is 9.94. The number of nitrogens with one attached hydrogen (secondary N) is 2. The molecule has 1 aromatic heterocycles. The molecule has 0 bridgehead atoms. The van der Waals surface area contributed by atoms with E-state index in [2.05, 4.69) is 11.1 Å². The lowest BCUT2D eigenvalue weighted by Crippen LogP contribution is -2.06. The van der Waals surface area contributed by atoms with Gasteiger partial charge in [0, 0.05) is 16.6 Å². The summed E-state index contributed by atoms with van der Waals surface area (Å²) < 4.78 is 0. The summed E-state index contributed by atoms with van der Waals surface area (Å²) in [5.41, 5.74) is 11.7. The summed E-state index contributed by atoms with van der Waals surface area (Å²) in [5.74, 6) is 0. The normalized spacial score (nSPS) is 18.1. The van der Waals surface area contributed by atoms with E-state index in [0.29, 0.717) is 5.71 Å². The third kappa shape index (κ3) is 1.87. The molecule has 0 atom stereocenters. The van der Waals surface area contributed by atoms with Gasteiger partial charge in [-0.3, -0.25) is 0 Å². The van der Waals surface area contributed by atoms with E-state index in [-0.39, 0.29) is 0 Å². The minimum absolute atomic E-state index is 0.693. The van der Waals surface area contributed by atoms with Crippen molar-refractivity contribution in [1.82, 2.24) is 4.98 Å². The lowest BCUT2D eigenvalue weighted by molar-refractivity contribution is 1.06. The molecule has 4 N–H and O–H groups in total. The fourth-order valence-corrected chi connectivity index (χ4v) is 2.61. The molecule has 0 radical (unpaired) electrons. The number of nitrogens with two attached hydrogens (primary N) is 1. The molecule has 1 heterocycles. The average Bonchev–Trinajstić information content (AvgIpc) is 2.77. The van der Waals surface area contributed by atoms with Gasteiger partial charge in [0.15, 0.2) is 0 Å². The van der Waals surface area contributed by atoms with Crippen molar-refractivity contribution in [2.75, 3.05) is 5.73 Å². The number of aromatic nitrogens is 1. The second kappa shape index (κ2) is 4.43. The zero-order valence-corrected chi connectivity index (χ0v) is 11.0. The molecular weight excluding hydrogens is 234 g/mol. The number of fused-ring (bicyclic) bond motifs is 1. The molecular formula is C16H17N3. The predicted molar refractivity (Wildman–Crippen MR) is 81.4 cm³/mol. The summed E-state index contributed by atoms with van der Waals surface area (Å²) >= 11 is 0. The molecule has 0 fully saturated rings. The van der Waals surface area contributed by atoms with Gasteiger partial charge < -0.3 is 16.1 Å². The minimum Gasteiger partial charge on any atom is -0.396 e. The van der Waals surface area contributed by atoms with Crippen LogP contribution in [0, 0.1) is 5.41 Å². The number of anilines is 1. The van der Waals surface area contributed by atoms with Crippen molar-refractivity contribution in [2.45, 2.75) is 19.8 Å². The van der Waals surface area contributed by atoms with Crippen molar-refractivity contribution in [1.29, 1.82) is 5.41 Å². The number of H-pyrrole nitrogens is 1. The van der Waals surface area contributed by atoms with E-state index in [1.807, 2.05) is 37.3 Å². The Hall–Kier alpha value is -2.29. The maximum Gasteiger partial charge on any atom is 0.0661 e. The van der Waals surface area contributed by atoms with E-state index in [4.69, 9.17) is 11.1 Å². The summed E-state index contributed by atoms with van der Waals surface area (Å²) in [6.07, 6.45) is 5.92. The standard InChI is InChI=1S/C16H17N3/c1-10(11-6-2-4-8-13(11)17)16-15(18)12-7-3-5-9-14(12)19-16/h2-3,5-7,9,17,19H,4,8,18H2,1H3. The van der Waals surface area contributed by atoms with Crippen LogP contribution in [0.1, 0.15) is 25.5 Å². The van der Waals surface area contributed by atoms with Crippen LogP contribution in [0.2, 0.25) is 0 Å². The van der Waals surface area contributed by atoms with E-state index in [1.54, 1.807) is 0 Å². The summed E-state index contributed by atoms with van der Waals surface area (Å²) in [4.78, 5) is 3.37. The summed E-state index contributed by atoms with van der Waals surface area (Å²) in [7, 11) is 0. The molecule has 0 saturated heterocycles. The van der Waals surface area contributed by atoms with Gasteiger partial charge >= 0.3 is 0 Å². The highest BCUT2D eigenvalue weighted by atomic mass is 14.8. The maximum absolute atomic E-state index is 8.07. The first-order valence-corrected chi connectivity index (χ1v) is 6.50. The zero-order chi connectivity index (χ0) is 13.4. The van der Waals surface area contributed by atoms with Crippen molar-refractivity contribution in [3.8, 4) is 0 Å². The van der Waals surface area contributed by atoms with Crippen LogP contribution in [-0.2, 0) is 0 Å². The molecule has 3 rings (SSSR count). The zero-order valence-electron chi connectivity index (χ0n) is 11.0. The first-order valence-electron chi connectivity index (χ1n) is 6.50. The fraction of sp³-hybridized carbons (Fsp3) is 0.188. The van der Waals surface area contributed by atoms with Crippen LogP contribution < -0.4 is 5.73 Å². The van der Waals surface area contributed by atoms with Gasteiger partial charge in [0.25, 0.3) is 0 Å². The predicted octanol–water partition coefficient (Wildman–Crippen LogP) is 3.89. The van der Waals surface area contributed by atoms with E-state index in [9.17, 15) is 0 Å². The van der Waals surface area contributed by atoms with Crippen LogP contribution in [0.4, 0.5) is 5.69 Å². The van der Waals surface area contributed by atoms with Crippen LogP contribution in [0.5, 0.6) is 0 Å². The summed E-state index contributed by atoms with van der Waals surface area (Å²) in [5, 5.41) is 9.11. The monoisotopic (exact) mass is 251 g/mol. The number of aromatic amines is 1. The fourth-order valence-electron chi connectivity index (χ4n) is 2.61. The van der Waals surface area contributed by atoms with Crippen LogP contribution in [-0.4, -0.2) is 10.7 Å². The number of nitrogen functional groups attached to an aromatic ring is 1. The first-order chi connectivity index (χ1) is 9.18. The Morgan fingerprint density at radius 1 is 1.32 bits per heavy atom. The van der Waals surface area contributed by atoms with Gasteiger partial charge in [-0.2, -0.15) is 0 Å². The van der Waals surface area contributed by atoms with E-state index in [0.717, 1.165) is 46.3 Å². The second-order valence-corrected chi connectivity index (χ2v) is 4.92. The molecule has 0 aliphatic heterocycles. The molecule has 1 aromatic carbocycles. The van der Waals surface area contributed by atoms with Crippen molar-refractivity contribution >= 4 is 27.9 Å². The molecule has 1 aliphatic carbocycles. The molecule has 1 aliphatic rings. The Kier molecular flexibility index (Phi) is 2.75. The highest BCUT2D eigenvalue weighted by molar-refractivity contribution is 6.09. The number of benzene rings is 1. The topological polar surface area (TPSA) is 65.7 Å². The van der Waals surface area contributed by atoms with Crippen molar-refractivity contribution in [3.63, 3.8) is 0 Å². The average molecular weight is 251 g/mol. The second-order valence-electron chi connectivity index (χ2n) is 4.92. The van der Waals surface area contributed by atoms with Gasteiger partial charge in [0.1, 0.15) is 0 Å². The van der Waals surface area contributed by atoms with E-state index in [1.165, 1.54) is 0 Å². The summed E-state index contributed by atoms with van der Waals surface area (Å²) in [6, 6.07) is 8.02. The third-order valence-electron chi connectivity index (χ3n) is 3.70. The number of hydrogen-bond donors (Lipinski definition) is 3. The van der Waals surface area contributed by atoms with Crippen molar-refractivity contribution < 1.29 is 0 Å². The highest BCUT2D eigenvalue weighted by Crippen LogP contribution is 2.32. The molecule has 96 valence electrons. The molecule has 0 unspecified atom stereocenters. The number of para-hydroxylation sites is 1. The molecule has 0 amide bonds. The SMILES string of the molecule is CC(=C1C=CCCC1=N)c1[nH]c2ccccc2c1N. The maximum atomic E-state index is 8.07. The minimum atomic E-state index is 0.693. The van der Waals surface area contributed by atoms with Gasteiger partial charge in [-0.1, -0.05) is 30.4 Å². The van der Waals surface area contributed by atoms with Crippen LogP contribution in [0.3, 0.4) is 0 Å². The Labute approximate surface area is 112 Å². The smallest absolute Gasteiger partial charge is 0.0661 e. The van der Waals surface area contributed by atoms with Crippen LogP contribution >= 0.6 is 0 Å². The molecule has 0 spiro atoms. The quantitative estimate of drug-likeness (QED) is 0.707. The largest absolute Gasteiger partial charge is 0.396 e. The van der Waals surface area contributed by atoms with Crippen molar-refractivity contribution in [2.24, 2.45) is 0 Å². The van der Waals surface area contributed by atoms with Crippen molar-refractivity contribution in [3.05, 3.63) is 47.7 Å². The van der Waals surface area contributed by atoms with Crippen LogP contribution in [0.15, 0.2) is 42.0 Å². The van der Waals surface area contributed by atoms with Gasteiger partial charge in [-0.05, 0) is 37.0 Å². The van der Waals surface area contributed by atoms with Gasteiger partial charge in [0.2, 0.25) is 0 Å². The molecule has 3 heteroatoms. The first kappa shape index (κ1) is 11.8. The molecule has 2 aromatic rings.